The smallest absolute Gasteiger partial charge is 0.194 e. The van der Waals surface area contributed by atoms with Crippen molar-refractivity contribution in [2.24, 2.45) is 4.99 Å². The van der Waals surface area contributed by atoms with Gasteiger partial charge >= 0.3 is 0 Å². The molecule has 0 spiro atoms. The van der Waals surface area contributed by atoms with Gasteiger partial charge in [0.15, 0.2) is 11.8 Å². The van der Waals surface area contributed by atoms with Gasteiger partial charge < -0.3 is 14.8 Å². The van der Waals surface area contributed by atoms with Gasteiger partial charge in [0.1, 0.15) is 12.1 Å². The van der Waals surface area contributed by atoms with Gasteiger partial charge in [-0.15, -0.1) is 34.2 Å². The second-order valence-corrected chi connectivity index (χ2v) is 4.92. The second-order valence-electron chi connectivity index (χ2n) is 4.92. The number of nitrogens with zero attached hydrogens (tertiary/aromatic N) is 5. The number of hydrogen-bond acceptors (Lipinski definition) is 3. The fourth-order valence-electron chi connectivity index (χ4n) is 2.21. The van der Waals surface area contributed by atoms with Crippen LogP contribution in [-0.2, 0) is 19.6 Å². The van der Waals surface area contributed by atoms with Crippen molar-refractivity contribution >= 4 is 29.9 Å². The van der Waals surface area contributed by atoms with Crippen LogP contribution in [0.4, 0.5) is 4.39 Å². The molecule has 0 aliphatic rings. The molecule has 0 amide bonds. The maximum Gasteiger partial charge on any atom is 0.194 e. The molecular formula is C15H22FIN6. The molecule has 0 saturated carbocycles. The van der Waals surface area contributed by atoms with Crippen LogP contribution in [0.1, 0.15) is 18.3 Å². The van der Waals surface area contributed by atoms with Gasteiger partial charge in [-0.05, 0) is 24.6 Å². The summed E-state index contributed by atoms with van der Waals surface area (Å²) < 4.78 is 15.2. The van der Waals surface area contributed by atoms with Crippen molar-refractivity contribution in [1.82, 2.24) is 25.0 Å². The molecule has 2 aromatic rings. The summed E-state index contributed by atoms with van der Waals surface area (Å²) in [5.74, 6) is 1.34. The van der Waals surface area contributed by atoms with Gasteiger partial charge in [-0.1, -0.05) is 12.1 Å². The van der Waals surface area contributed by atoms with Crippen LogP contribution in [0.3, 0.4) is 0 Å². The number of guanidine groups is 1. The average Bonchev–Trinajstić information content (AvgIpc) is 2.95. The molecular weight excluding hydrogens is 410 g/mol. The van der Waals surface area contributed by atoms with E-state index in [0.717, 1.165) is 23.9 Å². The quantitative estimate of drug-likeness (QED) is 0.448. The normalized spacial score (nSPS) is 11.0. The van der Waals surface area contributed by atoms with E-state index in [-0.39, 0.29) is 29.8 Å². The van der Waals surface area contributed by atoms with Crippen LogP contribution in [0, 0.1) is 5.82 Å². The van der Waals surface area contributed by atoms with Crippen molar-refractivity contribution < 1.29 is 4.39 Å². The molecule has 1 heterocycles. The lowest BCUT2D eigenvalue weighted by Gasteiger charge is -2.22. The standard InChI is InChI=1S/C15H21FN6.HI/c1-4-22-11-19-20-14(22)9-18-15(17-2)21(3)10-12-6-5-7-13(16)8-12;/h5-8,11H,4,9-10H2,1-3H3,(H,17,18);1H. The van der Waals surface area contributed by atoms with Crippen molar-refractivity contribution in [3.05, 3.63) is 47.8 Å². The first-order valence-electron chi connectivity index (χ1n) is 7.17. The molecule has 0 aliphatic carbocycles. The summed E-state index contributed by atoms with van der Waals surface area (Å²) in [6, 6.07) is 6.56. The number of aliphatic imine (C=N–C) groups is 1. The Balaban J connectivity index is 0.00000264. The summed E-state index contributed by atoms with van der Waals surface area (Å²) in [5.41, 5.74) is 0.891. The zero-order valence-electron chi connectivity index (χ0n) is 13.5. The summed E-state index contributed by atoms with van der Waals surface area (Å²) in [6.07, 6.45) is 1.70. The SMILES string of the molecule is CCn1cnnc1CNC(=NC)N(C)Cc1cccc(F)c1.I. The molecule has 126 valence electrons. The second kappa shape index (κ2) is 9.43. The molecule has 2 rings (SSSR count). The van der Waals surface area contributed by atoms with Gasteiger partial charge in [0.05, 0.1) is 6.54 Å². The molecule has 0 unspecified atom stereocenters. The van der Waals surface area contributed by atoms with E-state index in [4.69, 9.17) is 0 Å². The van der Waals surface area contributed by atoms with Crippen LogP contribution in [0.5, 0.6) is 0 Å². The lowest BCUT2D eigenvalue weighted by Crippen LogP contribution is -2.38. The Labute approximate surface area is 152 Å². The van der Waals surface area contributed by atoms with Crippen molar-refractivity contribution in [2.75, 3.05) is 14.1 Å². The topological polar surface area (TPSA) is 58.3 Å². The first-order chi connectivity index (χ1) is 10.6. The Morgan fingerprint density at radius 2 is 2.22 bits per heavy atom. The van der Waals surface area contributed by atoms with Crippen LogP contribution < -0.4 is 5.32 Å². The highest BCUT2D eigenvalue weighted by molar-refractivity contribution is 14.0. The van der Waals surface area contributed by atoms with Gasteiger partial charge in [-0.2, -0.15) is 0 Å². The molecule has 0 atom stereocenters. The van der Waals surface area contributed by atoms with E-state index in [9.17, 15) is 4.39 Å². The van der Waals surface area contributed by atoms with Crippen LogP contribution in [0.25, 0.3) is 0 Å². The van der Waals surface area contributed by atoms with E-state index < -0.39 is 0 Å². The third-order valence-corrected chi connectivity index (χ3v) is 3.32. The first-order valence-corrected chi connectivity index (χ1v) is 7.17. The van der Waals surface area contributed by atoms with E-state index in [1.165, 1.54) is 12.1 Å². The first kappa shape index (κ1) is 19.3. The summed E-state index contributed by atoms with van der Waals surface area (Å²) in [5, 5.41) is 11.2. The highest BCUT2D eigenvalue weighted by Crippen LogP contribution is 2.06. The molecule has 1 N–H and O–H groups in total. The van der Waals surface area contributed by atoms with Crippen molar-refractivity contribution in [3.8, 4) is 0 Å². The number of hydrogen-bond donors (Lipinski definition) is 1. The molecule has 0 radical (unpaired) electrons. The minimum Gasteiger partial charge on any atom is -0.349 e. The Hall–Kier alpha value is -1.71. The summed E-state index contributed by atoms with van der Waals surface area (Å²) in [6.45, 7) is 3.96. The van der Waals surface area contributed by atoms with Gasteiger partial charge in [0.2, 0.25) is 0 Å². The fourth-order valence-corrected chi connectivity index (χ4v) is 2.21. The Morgan fingerprint density at radius 3 is 2.87 bits per heavy atom. The van der Waals surface area contributed by atoms with E-state index in [2.05, 4.69) is 20.5 Å². The van der Waals surface area contributed by atoms with Crippen molar-refractivity contribution in [3.63, 3.8) is 0 Å². The van der Waals surface area contributed by atoms with Gasteiger partial charge in [-0.3, -0.25) is 4.99 Å². The molecule has 0 bridgehead atoms. The maximum atomic E-state index is 13.2. The third kappa shape index (κ3) is 5.45. The predicted octanol–water partition coefficient (Wildman–Crippen LogP) is 2.26. The maximum absolute atomic E-state index is 13.2. The van der Waals surface area contributed by atoms with Crippen LogP contribution in [-0.4, -0.2) is 39.7 Å². The molecule has 1 aromatic carbocycles. The largest absolute Gasteiger partial charge is 0.349 e. The molecule has 0 fully saturated rings. The number of rotatable bonds is 5. The van der Waals surface area contributed by atoms with Gasteiger partial charge in [0.25, 0.3) is 0 Å². The molecule has 6 nitrogen and oxygen atoms in total. The predicted molar refractivity (Wildman–Crippen MR) is 99.2 cm³/mol. The minimum absolute atomic E-state index is 0. The summed E-state index contributed by atoms with van der Waals surface area (Å²) >= 11 is 0. The van der Waals surface area contributed by atoms with E-state index in [1.807, 2.05) is 29.5 Å². The van der Waals surface area contributed by atoms with Crippen LogP contribution in [0.2, 0.25) is 0 Å². The highest BCUT2D eigenvalue weighted by Gasteiger charge is 2.09. The molecule has 1 aromatic heterocycles. The zero-order valence-corrected chi connectivity index (χ0v) is 15.9. The number of aromatic nitrogens is 3. The van der Waals surface area contributed by atoms with Crippen molar-refractivity contribution in [2.45, 2.75) is 26.6 Å². The highest BCUT2D eigenvalue weighted by atomic mass is 127. The van der Waals surface area contributed by atoms with Crippen LogP contribution >= 0.6 is 24.0 Å². The number of aryl methyl sites for hydroxylation is 1. The fraction of sp³-hybridized carbons (Fsp3) is 0.400. The van der Waals surface area contributed by atoms with Crippen LogP contribution in [0.15, 0.2) is 35.6 Å². The number of benzene rings is 1. The molecule has 0 saturated heterocycles. The molecule has 0 aliphatic heterocycles. The number of halogens is 2. The van der Waals surface area contributed by atoms with E-state index in [1.54, 1.807) is 19.4 Å². The monoisotopic (exact) mass is 432 g/mol. The van der Waals surface area contributed by atoms with Gasteiger partial charge in [-0.25, -0.2) is 4.39 Å². The Bertz CT molecular complexity index is 642. The zero-order chi connectivity index (χ0) is 15.9. The van der Waals surface area contributed by atoms with Gasteiger partial charge in [0, 0.05) is 27.2 Å². The van der Waals surface area contributed by atoms with E-state index >= 15 is 0 Å². The molecule has 8 heteroatoms. The lowest BCUT2D eigenvalue weighted by atomic mass is 10.2. The Kier molecular flexibility index (Phi) is 7.93. The lowest BCUT2D eigenvalue weighted by molar-refractivity contribution is 0.472. The summed E-state index contributed by atoms with van der Waals surface area (Å²) in [4.78, 5) is 6.17. The average molecular weight is 432 g/mol. The summed E-state index contributed by atoms with van der Waals surface area (Å²) in [7, 11) is 3.62. The van der Waals surface area contributed by atoms with Crippen molar-refractivity contribution in [1.29, 1.82) is 0 Å². The third-order valence-electron chi connectivity index (χ3n) is 3.32. The van der Waals surface area contributed by atoms with E-state index in [0.29, 0.717) is 13.1 Å². The number of nitrogens with one attached hydrogen (secondary N) is 1. The Morgan fingerprint density at radius 1 is 1.43 bits per heavy atom. The minimum atomic E-state index is -0.232. The molecule has 23 heavy (non-hydrogen) atoms.